The number of carboxylic acids is 1. The summed E-state index contributed by atoms with van der Waals surface area (Å²) in [4.78, 5) is 21.8. The third-order valence-corrected chi connectivity index (χ3v) is 3.04. The molecule has 1 aromatic rings. The predicted molar refractivity (Wildman–Crippen MR) is 65.2 cm³/mol. The Morgan fingerprint density at radius 1 is 1.38 bits per heavy atom. The highest BCUT2D eigenvalue weighted by Crippen LogP contribution is 2.18. The topological polar surface area (TPSA) is 54.4 Å². The second-order valence-corrected chi connectivity index (χ2v) is 4.85. The molecule has 0 amide bonds. The second kappa shape index (κ2) is 5.25. The van der Waals surface area contributed by atoms with E-state index < -0.39 is 10.8 Å². The molecular weight excluding hydrogens is 272 g/mol. The summed E-state index contributed by atoms with van der Waals surface area (Å²) in [6.45, 7) is 3.74. The smallest absolute Gasteiger partial charge is 0.304 e. The van der Waals surface area contributed by atoms with E-state index in [9.17, 15) is 9.59 Å². The van der Waals surface area contributed by atoms with Gasteiger partial charge in [0.05, 0.1) is 11.2 Å². The number of carbonyl (C=O) groups excluding carboxylic acids is 1. The fraction of sp³-hybridized carbons (Fsp3) is 0.333. The van der Waals surface area contributed by atoms with Crippen LogP contribution in [0.15, 0.2) is 18.2 Å². The zero-order chi connectivity index (χ0) is 12.3. The van der Waals surface area contributed by atoms with Crippen LogP contribution in [0.5, 0.6) is 0 Å². The van der Waals surface area contributed by atoms with E-state index in [4.69, 9.17) is 5.11 Å². The van der Waals surface area contributed by atoms with Gasteiger partial charge >= 0.3 is 5.97 Å². The highest BCUT2D eigenvalue weighted by atomic mass is 79.9. The van der Waals surface area contributed by atoms with Crippen molar-refractivity contribution in [3.8, 4) is 0 Å². The summed E-state index contributed by atoms with van der Waals surface area (Å²) in [6, 6.07) is 5.57. The first-order chi connectivity index (χ1) is 7.41. The normalized spacial score (nSPS) is 12.2. The van der Waals surface area contributed by atoms with Gasteiger partial charge < -0.3 is 5.11 Å². The Labute approximate surface area is 103 Å². The first-order valence-electron chi connectivity index (χ1n) is 4.89. The number of halogens is 1. The van der Waals surface area contributed by atoms with E-state index in [1.54, 1.807) is 6.07 Å². The Bertz CT molecular complexity index is 426. The first kappa shape index (κ1) is 12.9. The molecule has 1 atom stereocenters. The van der Waals surface area contributed by atoms with Crippen molar-refractivity contribution in [2.75, 3.05) is 0 Å². The van der Waals surface area contributed by atoms with Gasteiger partial charge in [-0.15, -0.1) is 0 Å². The maximum atomic E-state index is 11.9. The Kier molecular flexibility index (Phi) is 4.24. The van der Waals surface area contributed by atoms with Crippen LogP contribution in [0.4, 0.5) is 0 Å². The van der Waals surface area contributed by atoms with Gasteiger partial charge in [-0.25, -0.2) is 0 Å². The number of benzene rings is 1. The monoisotopic (exact) mass is 284 g/mol. The van der Waals surface area contributed by atoms with Crippen LogP contribution >= 0.6 is 15.9 Å². The van der Waals surface area contributed by atoms with Gasteiger partial charge in [0.1, 0.15) is 0 Å². The number of ketones is 1. The molecule has 0 heterocycles. The molecule has 0 aliphatic heterocycles. The van der Waals surface area contributed by atoms with Crippen LogP contribution in [0, 0.1) is 13.8 Å². The van der Waals surface area contributed by atoms with Gasteiger partial charge in [-0.2, -0.15) is 0 Å². The molecule has 16 heavy (non-hydrogen) atoms. The highest BCUT2D eigenvalue weighted by Gasteiger charge is 2.21. The maximum absolute atomic E-state index is 11.9. The number of rotatable bonds is 4. The number of aryl methyl sites for hydroxylation is 2. The van der Waals surface area contributed by atoms with Crippen LogP contribution in [-0.2, 0) is 4.79 Å². The lowest BCUT2D eigenvalue weighted by Gasteiger charge is -2.09. The third kappa shape index (κ3) is 3.17. The average molecular weight is 285 g/mol. The lowest BCUT2D eigenvalue weighted by molar-refractivity contribution is -0.136. The number of carboxylic acid groups (broad SMARTS) is 1. The summed E-state index contributed by atoms with van der Waals surface area (Å²) in [6.07, 6.45) is -0.202. The Balaban J connectivity index is 2.95. The molecule has 1 rings (SSSR count). The zero-order valence-electron chi connectivity index (χ0n) is 9.16. The molecule has 1 aromatic carbocycles. The van der Waals surface area contributed by atoms with Crippen LogP contribution in [-0.4, -0.2) is 21.7 Å². The van der Waals surface area contributed by atoms with Crippen LogP contribution in [0.3, 0.4) is 0 Å². The summed E-state index contributed by atoms with van der Waals surface area (Å²) >= 11 is 3.11. The molecule has 0 saturated heterocycles. The van der Waals surface area contributed by atoms with Gasteiger partial charge in [-0.1, -0.05) is 33.6 Å². The molecule has 4 heteroatoms. The fourth-order valence-corrected chi connectivity index (χ4v) is 1.94. The summed E-state index contributed by atoms with van der Waals surface area (Å²) < 4.78 is 0. The molecule has 0 bridgehead atoms. The quantitative estimate of drug-likeness (QED) is 0.683. The Hall–Kier alpha value is -1.16. The standard InChI is InChI=1S/C12H13BrO3/c1-7-3-4-8(2)9(5-7)12(16)10(13)6-11(14)15/h3-5,10H,6H2,1-2H3,(H,14,15). The Morgan fingerprint density at radius 3 is 2.56 bits per heavy atom. The summed E-state index contributed by atoms with van der Waals surface area (Å²) in [5, 5.41) is 8.62. The minimum Gasteiger partial charge on any atom is -0.481 e. The molecule has 1 N–H and O–H groups in total. The van der Waals surface area contributed by atoms with E-state index in [0.29, 0.717) is 5.56 Å². The van der Waals surface area contributed by atoms with Gasteiger partial charge in [-0.05, 0) is 25.5 Å². The van der Waals surface area contributed by atoms with E-state index in [2.05, 4.69) is 15.9 Å². The van der Waals surface area contributed by atoms with Crippen LogP contribution in [0.1, 0.15) is 27.9 Å². The molecule has 0 aliphatic rings. The van der Waals surface area contributed by atoms with Gasteiger partial charge in [0.2, 0.25) is 0 Å². The molecule has 3 nitrogen and oxygen atoms in total. The van der Waals surface area contributed by atoms with Crippen molar-refractivity contribution in [3.63, 3.8) is 0 Å². The number of hydrogen-bond acceptors (Lipinski definition) is 2. The molecule has 0 saturated carbocycles. The molecule has 1 unspecified atom stereocenters. The molecule has 86 valence electrons. The first-order valence-corrected chi connectivity index (χ1v) is 5.80. The second-order valence-electron chi connectivity index (χ2n) is 3.75. The molecule has 0 aromatic heterocycles. The zero-order valence-corrected chi connectivity index (χ0v) is 10.7. The third-order valence-electron chi connectivity index (χ3n) is 2.30. The molecular formula is C12H13BrO3. The number of alkyl halides is 1. The van der Waals surface area contributed by atoms with Gasteiger partial charge in [-0.3, -0.25) is 9.59 Å². The summed E-state index contributed by atoms with van der Waals surface area (Å²) in [5.74, 6) is -1.16. The van der Waals surface area contributed by atoms with Crippen LogP contribution in [0.2, 0.25) is 0 Å². The minimum absolute atomic E-state index is 0.177. The van der Waals surface area contributed by atoms with Gasteiger partial charge in [0, 0.05) is 5.56 Å². The molecule has 0 aliphatic carbocycles. The lowest BCUT2D eigenvalue weighted by Crippen LogP contribution is -2.19. The van der Waals surface area contributed by atoms with Gasteiger partial charge in [0.15, 0.2) is 5.78 Å². The summed E-state index contributed by atoms with van der Waals surface area (Å²) in [5.41, 5.74) is 2.44. The van der Waals surface area contributed by atoms with Crippen molar-refractivity contribution >= 4 is 27.7 Å². The minimum atomic E-state index is -0.986. The number of carbonyl (C=O) groups is 2. The van der Waals surface area contributed by atoms with Crippen molar-refractivity contribution in [1.29, 1.82) is 0 Å². The molecule has 0 spiro atoms. The van der Waals surface area contributed by atoms with E-state index in [1.807, 2.05) is 26.0 Å². The molecule has 0 fully saturated rings. The highest BCUT2D eigenvalue weighted by molar-refractivity contribution is 9.10. The van der Waals surface area contributed by atoms with Crippen molar-refractivity contribution < 1.29 is 14.7 Å². The van der Waals surface area contributed by atoms with Crippen molar-refractivity contribution in [1.82, 2.24) is 0 Å². The van der Waals surface area contributed by atoms with E-state index in [0.717, 1.165) is 11.1 Å². The molecule has 0 radical (unpaired) electrons. The number of aliphatic carboxylic acids is 1. The largest absolute Gasteiger partial charge is 0.481 e. The van der Waals surface area contributed by atoms with E-state index in [1.165, 1.54) is 0 Å². The Morgan fingerprint density at radius 2 is 2.00 bits per heavy atom. The average Bonchev–Trinajstić information content (AvgIpc) is 2.19. The van der Waals surface area contributed by atoms with Crippen LogP contribution in [0.25, 0.3) is 0 Å². The van der Waals surface area contributed by atoms with Crippen molar-refractivity contribution in [2.24, 2.45) is 0 Å². The predicted octanol–water partition coefficient (Wildman–Crippen LogP) is 2.72. The van der Waals surface area contributed by atoms with Gasteiger partial charge in [0.25, 0.3) is 0 Å². The van der Waals surface area contributed by atoms with E-state index in [-0.39, 0.29) is 12.2 Å². The summed E-state index contributed by atoms with van der Waals surface area (Å²) in [7, 11) is 0. The fourth-order valence-electron chi connectivity index (χ4n) is 1.42. The SMILES string of the molecule is Cc1ccc(C)c(C(=O)C(Br)CC(=O)O)c1. The number of hydrogen-bond donors (Lipinski definition) is 1. The van der Waals surface area contributed by atoms with Crippen LogP contribution < -0.4 is 0 Å². The van der Waals surface area contributed by atoms with Crippen molar-refractivity contribution in [2.45, 2.75) is 25.1 Å². The lowest BCUT2D eigenvalue weighted by atomic mass is 9.99. The van der Waals surface area contributed by atoms with Crippen molar-refractivity contribution in [3.05, 3.63) is 34.9 Å². The van der Waals surface area contributed by atoms with E-state index >= 15 is 0 Å². The number of Topliss-reactive ketones (excluding diaryl/α,β-unsaturated/α-hetero) is 1. The maximum Gasteiger partial charge on any atom is 0.304 e.